The van der Waals surface area contributed by atoms with E-state index in [0.717, 1.165) is 12.8 Å². The van der Waals surface area contributed by atoms with Crippen LogP contribution in [0.25, 0.3) is 10.2 Å². The summed E-state index contributed by atoms with van der Waals surface area (Å²) in [6.45, 7) is 2.15. The summed E-state index contributed by atoms with van der Waals surface area (Å²) >= 11 is 1.28. The Hall–Kier alpha value is -2.87. The summed E-state index contributed by atoms with van der Waals surface area (Å²) in [5, 5.41) is 4.52. The van der Waals surface area contributed by atoms with Crippen molar-refractivity contribution in [2.75, 3.05) is 12.4 Å². The minimum atomic E-state index is -0.463. The molecule has 2 aromatic heterocycles. The van der Waals surface area contributed by atoms with Gasteiger partial charge in [-0.25, -0.2) is 4.79 Å². The van der Waals surface area contributed by atoms with Crippen molar-refractivity contribution in [1.29, 1.82) is 0 Å². The van der Waals surface area contributed by atoms with Crippen molar-refractivity contribution >= 4 is 33.1 Å². The van der Waals surface area contributed by atoms with Crippen molar-refractivity contribution in [3.05, 3.63) is 56.5 Å². The third-order valence-electron chi connectivity index (χ3n) is 4.25. The van der Waals surface area contributed by atoms with Crippen LogP contribution in [-0.2, 0) is 17.9 Å². The van der Waals surface area contributed by atoms with Gasteiger partial charge in [0.05, 0.1) is 18.3 Å². The fraction of sp³-hybridized carbons (Fsp3) is 0.316. The maximum Gasteiger partial charge on any atom is 0.332 e. The number of hydrogen-bond acceptors (Lipinski definition) is 5. The number of nitrogens with zero attached hydrogens (tertiary/aromatic N) is 2. The van der Waals surface area contributed by atoms with E-state index in [0.29, 0.717) is 28.2 Å². The molecule has 0 aliphatic rings. The number of methoxy groups -OCH3 is 1. The van der Waals surface area contributed by atoms with Crippen LogP contribution in [0.1, 0.15) is 19.8 Å². The van der Waals surface area contributed by atoms with Crippen LogP contribution in [0.15, 0.2) is 45.3 Å². The molecule has 0 fully saturated rings. The molecular formula is C19H21N3O4S. The van der Waals surface area contributed by atoms with Gasteiger partial charge in [0.2, 0.25) is 5.91 Å². The van der Waals surface area contributed by atoms with E-state index in [-0.39, 0.29) is 18.0 Å². The van der Waals surface area contributed by atoms with E-state index in [9.17, 15) is 14.4 Å². The van der Waals surface area contributed by atoms with Crippen LogP contribution in [0.3, 0.4) is 0 Å². The standard InChI is InChI=1S/C19H21N3O4S/c1-3-4-10-21-18(24)17-14(9-11-27-17)22(19(21)25)12-16(23)20-13-7-5-6-8-15(13)26-2/h5-9,11H,3-4,10,12H2,1-2H3,(H,20,23). The number of thiophene rings is 1. The third kappa shape index (κ3) is 3.80. The summed E-state index contributed by atoms with van der Waals surface area (Å²) in [6, 6.07) is 8.75. The number of anilines is 1. The van der Waals surface area contributed by atoms with E-state index in [2.05, 4.69) is 5.32 Å². The zero-order chi connectivity index (χ0) is 19.4. The lowest BCUT2D eigenvalue weighted by atomic mass is 10.3. The average Bonchev–Trinajstić information content (AvgIpc) is 3.15. The number of unbranched alkanes of at least 4 members (excludes halogenated alkanes) is 1. The second-order valence-corrected chi connectivity index (χ2v) is 6.98. The fourth-order valence-corrected chi connectivity index (χ4v) is 3.72. The molecule has 0 aliphatic heterocycles. The molecule has 0 unspecified atom stereocenters. The van der Waals surface area contributed by atoms with Gasteiger partial charge in [0.1, 0.15) is 17.0 Å². The number of rotatable bonds is 7. The number of fused-ring (bicyclic) bond motifs is 1. The maximum absolute atomic E-state index is 12.8. The van der Waals surface area contributed by atoms with E-state index in [1.165, 1.54) is 27.6 Å². The molecule has 0 radical (unpaired) electrons. The Kier molecular flexibility index (Phi) is 5.75. The SMILES string of the molecule is CCCCn1c(=O)c2sccc2n(CC(=O)Nc2ccccc2OC)c1=O. The molecule has 8 heteroatoms. The average molecular weight is 387 g/mol. The number of carbonyl (C=O) groups is 1. The second kappa shape index (κ2) is 8.22. The normalized spacial score (nSPS) is 10.9. The van der Waals surface area contributed by atoms with Crippen LogP contribution in [0.4, 0.5) is 5.69 Å². The Morgan fingerprint density at radius 1 is 1.19 bits per heavy atom. The Bertz CT molecular complexity index is 1080. The molecule has 2 heterocycles. The largest absolute Gasteiger partial charge is 0.495 e. The van der Waals surface area contributed by atoms with Gasteiger partial charge >= 0.3 is 5.69 Å². The van der Waals surface area contributed by atoms with Crippen molar-refractivity contribution in [3.8, 4) is 5.75 Å². The molecule has 0 saturated carbocycles. The van der Waals surface area contributed by atoms with E-state index in [4.69, 9.17) is 4.74 Å². The van der Waals surface area contributed by atoms with Crippen molar-refractivity contribution in [2.45, 2.75) is 32.9 Å². The van der Waals surface area contributed by atoms with Gasteiger partial charge in [-0.2, -0.15) is 0 Å². The Balaban J connectivity index is 1.96. The lowest BCUT2D eigenvalue weighted by Crippen LogP contribution is -2.41. The van der Waals surface area contributed by atoms with Gasteiger partial charge in [0.15, 0.2) is 0 Å². The molecule has 0 bridgehead atoms. The summed E-state index contributed by atoms with van der Waals surface area (Å²) in [6.07, 6.45) is 1.59. The minimum Gasteiger partial charge on any atom is -0.495 e. The van der Waals surface area contributed by atoms with Crippen molar-refractivity contribution in [1.82, 2.24) is 9.13 Å². The highest BCUT2D eigenvalue weighted by molar-refractivity contribution is 7.17. The second-order valence-electron chi connectivity index (χ2n) is 6.06. The molecule has 1 amide bonds. The number of hydrogen-bond donors (Lipinski definition) is 1. The summed E-state index contributed by atoms with van der Waals surface area (Å²) in [7, 11) is 1.52. The molecule has 0 aliphatic carbocycles. The van der Waals surface area contributed by atoms with Crippen LogP contribution in [0, 0.1) is 0 Å². The molecular weight excluding hydrogens is 366 g/mol. The van der Waals surface area contributed by atoms with Gasteiger partial charge in [-0.1, -0.05) is 25.5 Å². The third-order valence-corrected chi connectivity index (χ3v) is 5.15. The molecule has 142 valence electrons. The summed E-state index contributed by atoms with van der Waals surface area (Å²) in [5.74, 6) is 0.168. The smallest absolute Gasteiger partial charge is 0.332 e. The summed E-state index contributed by atoms with van der Waals surface area (Å²) in [5.41, 5.74) is 0.256. The lowest BCUT2D eigenvalue weighted by molar-refractivity contribution is -0.116. The van der Waals surface area contributed by atoms with Gasteiger partial charge in [-0.05, 0) is 30.0 Å². The van der Waals surface area contributed by atoms with Crippen molar-refractivity contribution in [3.63, 3.8) is 0 Å². The van der Waals surface area contributed by atoms with Crippen LogP contribution < -0.4 is 21.3 Å². The highest BCUT2D eigenvalue weighted by Gasteiger charge is 2.16. The van der Waals surface area contributed by atoms with Gasteiger partial charge in [-0.15, -0.1) is 11.3 Å². The molecule has 0 saturated heterocycles. The first kappa shape index (κ1) is 18.9. The van der Waals surface area contributed by atoms with E-state index in [1.54, 1.807) is 35.7 Å². The van der Waals surface area contributed by atoms with Crippen molar-refractivity contribution in [2.24, 2.45) is 0 Å². The first-order valence-corrected chi connectivity index (χ1v) is 9.58. The number of carbonyl (C=O) groups excluding carboxylic acids is 1. The fourth-order valence-electron chi connectivity index (χ4n) is 2.88. The van der Waals surface area contributed by atoms with E-state index in [1.807, 2.05) is 6.92 Å². The molecule has 1 aromatic carbocycles. The highest BCUT2D eigenvalue weighted by atomic mass is 32.1. The Morgan fingerprint density at radius 3 is 2.70 bits per heavy atom. The quantitative estimate of drug-likeness (QED) is 0.676. The molecule has 3 aromatic rings. The molecule has 27 heavy (non-hydrogen) atoms. The van der Waals surface area contributed by atoms with E-state index < -0.39 is 5.69 Å². The Labute approximate surface area is 159 Å². The van der Waals surface area contributed by atoms with Crippen LogP contribution in [0.2, 0.25) is 0 Å². The molecule has 3 rings (SSSR count). The molecule has 0 atom stereocenters. The first-order chi connectivity index (χ1) is 13.1. The zero-order valence-corrected chi connectivity index (χ0v) is 16.0. The highest BCUT2D eigenvalue weighted by Crippen LogP contribution is 2.23. The number of para-hydroxylation sites is 2. The monoisotopic (exact) mass is 387 g/mol. The summed E-state index contributed by atoms with van der Waals surface area (Å²) in [4.78, 5) is 38.0. The molecule has 7 nitrogen and oxygen atoms in total. The maximum atomic E-state index is 12.8. The van der Waals surface area contributed by atoms with Crippen LogP contribution >= 0.6 is 11.3 Å². The molecule has 1 N–H and O–H groups in total. The minimum absolute atomic E-state index is 0.184. The topological polar surface area (TPSA) is 82.3 Å². The lowest BCUT2D eigenvalue weighted by Gasteiger charge is -2.13. The predicted octanol–water partition coefficient (Wildman–Crippen LogP) is 2.67. The van der Waals surface area contributed by atoms with Gasteiger partial charge in [0.25, 0.3) is 5.56 Å². The Morgan fingerprint density at radius 2 is 1.96 bits per heavy atom. The van der Waals surface area contributed by atoms with Gasteiger partial charge in [-0.3, -0.25) is 18.7 Å². The number of benzene rings is 1. The van der Waals surface area contributed by atoms with Crippen LogP contribution in [0.5, 0.6) is 5.75 Å². The number of nitrogens with one attached hydrogen (secondary N) is 1. The summed E-state index contributed by atoms with van der Waals surface area (Å²) < 4.78 is 8.29. The number of amides is 1. The first-order valence-electron chi connectivity index (χ1n) is 8.70. The van der Waals surface area contributed by atoms with E-state index >= 15 is 0 Å². The van der Waals surface area contributed by atoms with Gasteiger partial charge in [0, 0.05) is 6.54 Å². The van der Waals surface area contributed by atoms with Crippen LogP contribution in [-0.4, -0.2) is 22.2 Å². The zero-order valence-electron chi connectivity index (χ0n) is 15.2. The van der Waals surface area contributed by atoms with Gasteiger partial charge < -0.3 is 10.1 Å². The molecule has 0 spiro atoms. The van der Waals surface area contributed by atoms with Crippen molar-refractivity contribution < 1.29 is 9.53 Å². The predicted molar refractivity (Wildman–Crippen MR) is 107 cm³/mol. The number of aromatic nitrogens is 2. The number of ether oxygens (including phenoxy) is 1.